The van der Waals surface area contributed by atoms with Crippen LogP contribution in [0, 0.1) is 6.92 Å². The van der Waals surface area contributed by atoms with Crippen molar-refractivity contribution in [1.82, 2.24) is 19.4 Å². The smallest absolute Gasteiger partial charge is 0.266 e. The second kappa shape index (κ2) is 6.14. The summed E-state index contributed by atoms with van der Waals surface area (Å²) < 4.78 is 2.09. The number of fused-ring (bicyclic) bond motifs is 3. The third-order valence-electron chi connectivity index (χ3n) is 6.07. The van der Waals surface area contributed by atoms with Crippen molar-refractivity contribution < 1.29 is 9.90 Å². The van der Waals surface area contributed by atoms with Gasteiger partial charge in [-0.05, 0) is 44.7 Å². The van der Waals surface area contributed by atoms with Crippen LogP contribution >= 0.6 is 11.3 Å². The summed E-state index contributed by atoms with van der Waals surface area (Å²) in [6.45, 7) is 2.42. The van der Waals surface area contributed by atoms with Gasteiger partial charge >= 0.3 is 0 Å². The lowest BCUT2D eigenvalue weighted by Crippen LogP contribution is -2.54. The van der Waals surface area contributed by atoms with E-state index in [1.54, 1.807) is 11.7 Å². The van der Waals surface area contributed by atoms with Crippen LogP contribution in [0.25, 0.3) is 10.9 Å². The number of carbonyl (C=O) groups is 1. The molecule has 7 heteroatoms. The van der Waals surface area contributed by atoms with Crippen molar-refractivity contribution in [3.8, 4) is 0 Å². The SMILES string of the molecule is Cc1ncsc1C(=O)N1C2CCC1CC(O)(Cn1ccc3ccncc31)C2. The highest BCUT2D eigenvalue weighted by Crippen LogP contribution is 2.43. The van der Waals surface area contributed by atoms with Crippen molar-refractivity contribution in [1.29, 1.82) is 0 Å². The monoisotopic (exact) mass is 382 g/mol. The van der Waals surface area contributed by atoms with Gasteiger partial charge < -0.3 is 14.6 Å². The van der Waals surface area contributed by atoms with E-state index >= 15 is 0 Å². The van der Waals surface area contributed by atoms with Crippen LogP contribution in [-0.2, 0) is 6.54 Å². The first-order chi connectivity index (χ1) is 13.0. The molecule has 1 N–H and O–H groups in total. The van der Waals surface area contributed by atoms with Gasteiger partial charge in [0.05, 0.1) is 35.1 Å². The molecule has 3 aromatic rings. The van der Waals surface area contributed by atoms with E-state index in [1.165, 1.54) is 11.3 Å². The predicted molar refractivity (Wildman–Crippen MR) is 104 cm³/mol. The molecule has 2 saturated heterocycles. The molecule has 5 heterocycles. The molecule has 27 heavy (non-hydrogen) atoms. The molecule has 2 aliphatic rings. The minimum absolute atomic E-state index is 0.0835. The van der Waals surface area contributed by atoms with E-state index in [4.69, 9.17) is 0 Å². The summed E-state index contributed by atoms with van der Waals surface area (Å²) in [5, 5.41) is 12.5. The minimum atomic E-state index is -0.798. The van der Waals surface area contributed by atoms with Gasteiger partial charge in [0.25, 0.3) is 5.91 Å². The van der Waals surface area contributed by atoms with Gasteiger partial charge in [0.1, 0.15) is 4.88 Å². The van der Waals surface area contributed by atoms with Crippen LogP contribution in [0.2, 0.25) is 0 Å². The minimum Gasteiger partial charge on any atom is -0.388 e. The lowest BCUT2D eigenvalue weighted by atomic mass is 9.85. The molecular formula is C20H22N4O2S. The van der Waals surface area contributed by atoms with Gasteiger partial charge in [0.2, 0.25) is 0 Å². The number of aliphatic hydroxyl groups is 1. The maximum absolute atomic E-state index is 13.0. The lowest BCUT2D eigenvalue weighted by Gasteiger charge is -2.44. The van der Waals surface area contributed by atoms with Crippen molar-refractivity contribution in [3.63, 3.8) is 0 Å². The predicted octanol–water partition coefficient (Wildman–Crippen LogP) is 3.00. The standard InChI is InChI=1S/C20H22N4O2S/c1-13-18(27-12-22-13)19(25)24-15-2-3-16(24)9-20(26,8-15)11-23-7-5-14-4-6-21-10-17(14)23/h4-7,10,12,15-16,26H,2-3,8-9,11H2,1H3. The fraction of sp³-hybridized carbons (Fsp3) is 0.450. The molecule has 0 saturated carbocycles. The highest BCUT2D eigenvalue weighted by atomic mass is 32.1. The number of nitrogens with zero attached hydrogens (tertiary/aromatic N) is 4. The fourth-order valence-electron chi connectivity index (χ4n) is 4.89. The second-order valence-corrected chi connectivity index (χ2v) is 8.73. The Hall–Kier alpha value is -2.25. The lowest BCUT2D eigenvalue weighted by molar-refractivity contribution is -0.0532. The number of pyridine rings is 1. The van der Waals surface area contributed by atoms with Gasteiger partial charge in [-0.2, -0.15) is 0 Å². The van der Waals surface area contributed by atoms with Crippen molar-refractivity contribution in [2.45, 2.75) is 56.8 Å². The Morgan fingerprint density at radius 1 is 1.33 bits per heavy atom. The Bertz CT molecular complexity index is 996. The fourth-order valence-corrected chi connectivity index (χ4v) is 5.64. The molecule has 3 aromatic heterocycles. The number of hydrogen-bond acceptors (Lipinski definition) is 5. The maximum Gasteiger partial charge on any atom is 0.266 e. The molecule has 0 aromatic carbocycles. The normalized spacial score (nSPS) is 27.4. The van der Waals surface area contributed by atoms with Gasteiger partial charge in [-0.1, -0.05) is 0 Å². The summed E-state index contributed by atoms with van der Waals surface area (Å²) in [5.74, 6) is 0.0835. The molecule has 2 atom stereocenters. The third kappa shape index (κ3) is 2.76. The van der Waals surface area contributed by atoms with Crippen LogP contribution in [0.3, 0.4) is 0 Å². The van der Waals surface area contributed by atoms with Crippen molar-refractivity contribution in [2.24, 2.45) is 0 Å². The van der Waals surface area contributed by atoms with Gasteiger partial charge in [-0.3, -0.25) is 9.78 Å². The first kappa shape index (κ1) is 16.9. The molecule has 1 amide bonds. The van der Waals surface area contributed by atoms with Crippen LogP contribution in [0.4, 0.5) is 0 Å². The molecule has 6 nitrogen and oxygen atoms in total. The molecule has 2 bridgehead atoms. The van der Waals surface area contributed by atoms with Crippen LogP contribution in [0.1, 0.15) is 41.0 Å². The van der Waals surface area contributed by atoms with Crippen LogP contribution in [-0.4, -0.2) is 48.1 Å². The van der Waals surface area contributed by atoms with E-state index in [2.05, 4.69) is 20.6 Å². The summed E-state index contributed by atoms with van der Waals surface area (Å²) in [7, 11) is 0. The largest absolute Gasteiger partial charge is 0.388 e. The number of amides is 1. The van der Waals surface area contributed by atoms with E-state index < -0.39 is 5.60 Å². The van der Waals surface area contributed by atoms with Gasteiger partial charge in [0.15, 0.2) is 0 Å². The average molecular weight is 382 g/mol. The van der Waals surface area contributed by atoms with Crippen LogP contribution in [0.15, 0.2) is 36.2 Å². The first-order valence-electron chi connectivity index (χ1n) is 9.38. The summed E-state index contributed by atoms with van der Waals surface area (Å²) in [6, 6.07) is 4.24. The summed E-state index contributed by atoms with van der Waals surface area (Å²) in [4.78, 5) is 24.2. The number of rotatable bonds is 3. The zero-order valence-corrected chi connectivity index (χ0v) is 16.0. The van der Waals surface area contributed by atoms with Crippen molar-refractivity contribution in [2.75, 3.05) is 0 Å². The molecule has 2 aliphatic heterocycles. The zero-order chi connectivity index (χ0) is 18.6. The van der Waals surface area contributed by atoms with Gasteiger partial charge in [0, 0.05) is 29.9 Å². The topological polar surface area (TPSA) is 71.2 Å². The van der Waals surface area contributed by atoms with Crippen molar-refractivity contribution in [3.05, 3.63) is 46.8 Å². The Morgan fingerprint density at radius 2 is 2.11 bits per heavy atom. The Morgan fingerprint density at radius 3 is 2.81 bits per heavy atom. The van der Waals surface area contributed by atoms with E-state index in [1.807, 2.05) is 30.3 Å². The van der Waals surface area contributed by atoms with E-state index in [9.17, 15) is 9.90 Å². The summed E-state index contributed by atoms with van der Waals surface area (Å²) >= 11 is 1.41. The molecule has 2 unspecified atom stereocenters. The number of hydrogen-bond donors (Lipinski definition) is 1. The van der Waals surface area contributed by atoms with E-state index in [-0.39, 0.29) is 18.0 Å². The molecule has 2 fully saturated rings. The molecule has 0 radical (unpaired) electrons. The molecule has 5 rings (SSSR count). The highest BCUT2D eigenvalue weighted by molar-refractivity contribution is 7.11. The van der Waals surface area contributed by atoms with Gasteiger partial charge in [-0.25, -0.2) is 4.98 Å². The number of thiazole rings is 1. The highest BCUT2D eigenvalue weighted by Gasteiger charge is 2.49. The zero-order valence-electron chi connectivity index (χ0n) is 15.2. The van der Waals surface area contributed by atoms with Crippen LogP contribution < -0.4 is 0 Å². The number of piperidine rings is 1. The summed E-state index contributed by atoms with van der Waals surface area (Å²) in [5.41, 5.74) is 2.77. The van der Waals surface area contributed by atoms with E-state index in [0.29, 0.717) is 19.4 Å². The summed E-state index contributed by atoms with van der Waals surface area (Å²) in [6.07, 6.45) is 8.81. The number of aromatic nitrogens is 3. The Labute approximate surface area is 161 Å². The Balaban J connectivity index is 1.39. The maximum atomic E-state index is 13.0. The van der Waals surface area contributed by atoms with Crippen LogP contribution in [0.5, 0.6) is 0 Å². The van der Waals surface area contributed by atoms with Gasteiger partial charge in [-0.15, -0.1) is 11.3 Å². The molecular weight excluding hydrogens is 360 g/mol. The second-order valence-electron chi connectivity index (χ2n) is 7.88. The molecule has 0 aliphatic carbocycles. The average Bonchev–Trinajstić information content (AvgIpc) is 3.32. The quantitative estimate of drug-likeness (QED) is 0.756. The third-order valence-corrected chi connectivity index (χ3v) is 6.98. The Kier molecular flexibility index (Phi) is 3.84. The van der Waals surface area contributed by atoms with Crippen molar-refractivity contribution >= 4 is 28.1 Å². The molecule has 0 spiro atoms. The molecule has 140 valence electrons. The first-order valence-corrected chi connectivity index (χ1v) is 10.3. The number of carbonyl (C=O) groups excluding carboxylic acids is 1. The van der Waals surface area contributed by atoms with E-state index in [0.717, 1.165) is 34.3 Å². The number of aryl methyl sites for hydroxylation is 1.